The Bertz CT molecular complexity index is 1250. The number of nitrogens with zero attached hydrogens (tertiary/aromatic N) is 2. The van der Waals surface area contributed by atoms with Gasteiger partial charge in [0.25, 0.3) is 5.91 Å². The standard InChI is InChI=1S/C28H28N4O4/c1-2-21-13-9-10-16-23(21)30-24(33)17-29-25(34)19-32-27(35)26(22-14-7-4-8-15-22)31(28(32)36)18-20-11-5-3-6-12-20/h3-16,26H,2,17-19H2,1H3,(H,29,34)(H,30,33). The predicted octanol–water partition coefficient (Wildman–Crippen LogP) is 3.51. The number of rotatable bonds is 9. The minimum atomic E-state index is -0.833. The number of imide groups is 1. The van der Waals surface area contributed by atoms with Crippen LogP contribution in [0.5, 0.6) is 0 Å². The van der Waals surface area contributed by atoms with Gasteiger partial charge in [0, 0.05) is 12.2 Å². The highest BCUT2D eigenvalue weighted by atomic mass is 16.2. The first-order chi connectivity index (χ1) is 17.5. The van der Waals surface area contributed by atoms with Gasteiger partial charge in [-0.1, -0.05) is 85.8 Å². The normalized spacial score (nSPS) is 15.2. The average Bonchev–Trinajstić information content (AvgIpc) is 3.13. The SMILES string of the molecule is CCc1ccccc1NC(=O)CNC(=O)CN1C(=O)C(c2ccccc2)N(Cc2ccccc2)C1=O. The van der Waals surface area contributed by atoms with Crippen molar-refractivity contribution in [3.63, 3.8) is 0 Å². The fourth-order valence-corrected chi connectivity index (χ4v) is 4.21. The first-order valence-electron chi connectivity index (χ1n) is 11.8. The third-order valence-electron chi connectivity index (χ3n) is 6.02. The first-order valence-corrected chi connectivity index (χ1v) is 11.8. The van der Waals surface area contributed by atoms with Gasteiger partial charge in [0.15, 0.2) is 0 Å². The molecule has 0 radical (unpaired) electrons. The zero-order chi connectivity index (χ0) is 25.5. The van der Waals surface area contributed by atoms with Crippen LogP contribution in [0.1, 0.15) is 29.7 Å². The number of carbonyl (C=O) groups is 4. The molecule has 36 heavy (non-hydrogen) atoms. The zero-order valence-corrected chi connectivity index (χ0v) is 20.0. The Morgan fingerprint density at radius 1 is 0.833 bits per heavy atom. The van der Waals surface area contributed by atoms with E-state index in [4.69, 9.17) is 0 Å². The Hall–Kier alpha value is -4.46. The summed E-state index contributed by atoms with van der Waals surface area (Å²) in [7, 11) is 0. The number of hydrogen-bond acceptors (Lipinski definition) is 4. The second kappa shape index (κ2) is 11.3. The molecule has 4 rings (SSSR count). The maximum Gasteiger partial charge on any atom is 0.328 e. The maximum atomic E-state index is 13.3. The van der Waals surface area contributed by atoms with E-state index in [1.165, 1.54) is 4.90 Å². The molecule has 1 atom stereocenters. The lowest BCUT2D eigenvalue weighted by atomic mass is 10.1. The summed E-state index contributed by atoms with van der Waals surface area (Å²) < 4.78 is 0. The summed E-state index contributed by atoms with van der Waals surface area (Å²) >= 11 is 0. The quantitative estimate of drug-likeness (QED) is 0.454. The van der Waals surface area contributed by atoms with E-state index in [0.29, 0.717) is 11.3 Å². The summed E-state index contributed by atoms with van der Waals surface area (Å²) in [6, 6.07) is 24.4. The molecule has 1 aliphatic heterocycles. The molecule has 5 amide bonds. The molecule has 1 unspecified atom stereocenters. The van der Waals surface area contributed by atoms with Crippen molar-refractivity contribution in [1.29, 1.82) is 0 Å². The van der Waals surface area contributed by atoms with Gasteiger partial charge in [0.1, 0.15) is 12.6 Å². The molecule has 1 fully saturated rings. The lowest BCUT2D eigenvalue weighted by molar-refractivity contribution is -0.133. The van der Waals surface area contributed by atoms with Crippen molar-refractivity contribution in [2.45, 2.75) is 25.9 Å². The Labute approximate surface area is 209 Å². The zero-order valence-electron chi connectivity index (χ0n) is 20.0. The smallest absolute Gasteiger partial charge is 0.328 e. The molecule has 0 bridgehead atoms. The largest absolute Gasteiger partial charge is 0.345 e. The van der Waals surface area contributed by atoms with Crippen molar-refractivity contribution < 1.29 is 19.2 Å². The third kappa shape index (κ3) is 5.60. The number of nitrogens with one attached hydrogen (secondary N) is 2. The average molecular weight is 485 g/mol. The summed E-state index contributed by atoms with van der Waals surface area (Å²) in [4.78, 5) is 54.0. The monoisotopic (exact) mass is 484 g/mol. The van der Waals surface area contributed by atoms with E-state index >= 15 is 0 Å². The summed E-state index contributed by atoms with van der Waals surface area (Å²) in [5.41, 5.74) is 3.21. The number of benzene rings is 3. The number of anilines is 1. The van der Waals surface area contributed by atoms with Crippen LogP contribution >= 0.6 is 0 Å². The van der Waals surface area contributed by atoms with Gasteiger partial charge < -0.3 is 15.5 Å². The van der Waals surface area contributed by atoms with E-state index in [0.717, 1.165) is 22.4 Å². The Kier molecular flexibility index (Phi) is 7.75. The van der Waals surface area contributed by atoms with Crippen LogP contribution in [0.3, 0.4) is 0 Å². The Balaban J connectivity index is 1.42. The van der Waals surface area contributed by atoms with Crippen molar-refractivity contribution in [3.05, 3.63) is 102 Å². The molecule has 1 aliphatic rings. The van der Waals surface area contributed by atoms with E-state index in [-0.39, 0.29) is 13.1 Å². The van der Waals surface area contributed by atoms with E-state index < -0.39 is 36.3 Å². The minimum Gasteiger partial charge on any atom is -0.345 e. The molecule has 1 saturated heterocycles. The van der Waals surface area contributed by atoms with Crippen molar-refractivity contribution in [3.8, 4) is 0 Å². The summed E-state index contributed by atoms with van der Waals surface area (Å²) in [5.74, 6) is -1.46. The van der Waals surface area contributed by atoms with Gasteiger partial charge in [0.2, 0.25) is 11.8 Å². The molecule has 3 aromatic rings. The van der Waals surface area contributed by atoms with Gasteiger partial charge in [-0.2, -0.15) is 0 Å². The van der Waals surface area contributed by atoms with Crippen molar-refractivity contribution in [1.82, 2.24) is 15.1 Å². The number of urea groups is 1. The molecular weight excluding hydrogens is 456 g/mol. The van der Waals surface area contributed by atoms with E-state index in [9.17, 15) is 19.2 Å². The number of aryl methyl sites for hydroxylation is 1. The molecular formula is C28H28N4O4. The van der Waals surface area contributed by atoms with Crippen molar-refractivity contribution in [2.75, 3.05) is 18.4 Å². The van der Waals surface area contributed by atoms with Crippen LogP contribution < -0.4 is 10.6 Å². The predicted molar refractivity (Wildman–Crippen MR) is 136 cm³/mol. The van der Waals surface area contributed by atoms with Gasteiger partial charge in [-0.05, 0) is 29.2 Å². The molecule has 3 aromatic carbocycles. The van der Waals surface area contributed by atoms with Crippen LogP contribution in [0, 0.1) is 0 Å². The van der Waals surface area contributed by atoms with Crippen LogP contribution in [0.25, 0.3) is 0 Å². The van der Waals surface area contributed by atoms with Crippen LogP contribution in [-0.2, 0) is 27.3 Å². The topological polar surface area (TPSA) is 98.8 Å². The second-order valence-corrected chi connectivity index (χ2v) is 8.47. The molecule has 184 valence electrons. The van der Waals surface area contributed by atoms with Gasteiger partial charge in [-0.25, -0.2) is 4.79 Å². The molecule has 8 nitrogen and oxygen atoms in total. The van der Waals surface area contributed by atoms with Crippen LogP contribution in [0.2, 0.25) is 0 Å². The lowest BCUT2D eigenvalue weighted by Crippen LogP contribution is -2.43. The highest BCUT2D eigenvalue weighted by Crippen LogP contribution is 2.32. The number of carbonyl (C=O) groups excluding carboxylic acids is 4. The molecule has 0 aliphatic carbocycles. The summed E-state index contributed by atoms with van der Waals surface area (Å²) in [6.07, 6.45) is 0.754. The van der Waals surface area contributed by atoms with Gasteiger partial charge in [0.05, 0.1) is 6.54 Å². The van der Waals surface area contributed by atoms with E-state index in [2.05, 4.69) is 10.6 Å². The third-order valence-corrected chi connectivity index (χ3v) is 6.02. The molecule has 1 heterocycles. The molecule has 0 aromatic heterocycles. The van der Waals surface area contributed by atoms with E-state index in [1.54, 1.807) is 30.3 Å². The molecule has 0 spiro atoms. The van der Waals surface area contributed by atoms with Gasteiger partial charge in [-0.3, -0.25) is 19.3 Å². The number of hydrogen-bond donors (Lipinski definition) is 2. The maximum absolute atomic E-state index is 13.3. The Morgan fingerprint density at radius 2 is 1.47 bits per heavy atom. The fraction of sp³-hybridized carbons (Fsp3) is 0.214. The van der Waals surface area contributed by atoms with Crippen LogP contribution in [0.15, 0.2) is 84.9 Å². The lowest BCUT2D eigenvalue weighted by Gasteiger charge is -2.22. The molecule has 2 N–H and O–H groups in total. The van der Waals surface area contributed by atoms with Gasteiger partial charge >= 0.3 is 6.03 Å². The minimum absolute atomic E-state index is 0.225. The first kappa shape index (κ1) is 24.7. The number of para-hydroxylation sites is 1. The van der Waals surface area contributed by atoms with E-state index in [1.807, 2.05) is 61.5 Å². The van der Waals surface area contributed by atoms with Crippen LogP contribution in [0.4, 0.5) is 10.5 Å². The highest BCUT2D eigenvalue weighted by molar-refractivity contribution is 6.07. The highest BCUT2D eigenvalue weighted by Gasteiger charge is 2.46. The molecule has 8 heteroatoms. The second-order valence-electron chi connectivity index (χ2n) is 8.47. The fourth-order valence-electron chi connectivity index (χ4n) is 4.21. The Morgan fingerprint density at radius 3 is 2.17 bits per heavy atom. The van der Waals surface area contributed by atoms with Gasteiger partial charge in [-0.15, -0.1) is 0 Å². The van der Waals surface area contributed by atoms with Crippen LogP contribution in [-0.4, -0.2) is 46.6 Å². The number of amides is 5. The van der Waals surface area contributed by atoms with Crippen molar-refractivity contribution >= 4 is 29.4 Å². The summed E-state index contributed by atoms with van der Waals surface area (Å²) in [6.45, 7) is 1.47. The molecule has 0 saturated carbocycles. The van der Waals surface area contributed by atoms with Crippen molar-refractivity contribution in [2.24, 2.45) is 0 Å². The summed E-state index contributed by atoms with van der Waals surface area (Å²) in [5, 5.41) is 5.29.